The third-order valence-corrected chi connectivity index (χ3v) is 6.86. The molecule has 0 unspecified atom stereocenters. The van der Waals surface area contributed by atoms with Gasteiger partial charge in [-0.2, -0.15) is 0 Å². The van der Waals surface area contributed by atoms with Crippen LogP contribution in [0.4, 0.5) is 8.78 Å². The number of fused-ring (bicyclic) bond motifs is 1. The molecule has 0 atom stereocenters. The summed E-state index contributed by atoms with van der Waals surface area (Å²) in [6, 6.07) is 7.27. The van der Waals surface area contributed by atoms with E-state index in [1.807, 2.05) is 18.2 Å². The molecule has 1 aromatic heterocycles. The largest absolute Gasteiger partial charge is 0.483 e. The number of carbonyl (C=O) groups is 3. The van der Waals surface area contributed by atoms with Gasteiger partial charge >= 0.3 is 11.9 Å². The Labute approximate surface area is 210 Å². The number of ether oxygens (including phenoxy) is 3. The second kappa shape index (κ2) is 9.85. The second-order valence-corrected chi connectivity index (χ2v) is 10.6. The summed E-state index contributed by atoms with van der Waals surface area (Å²) in [5.41, 5.74) is 5.45. The molecule has 7 nitrogen and oxygen atoms in total. The third-order valence-electron chi connectivity index (χ3n) is 5.68. The van der Waals surface area contributed by atoms with Crippen molar-refractivity contribution >= 4 is 39.3 Å². The number of rotatable bonds is 8. The van der Waals surface area contributed by atoms with E-state index >= 15 is 0 Å². The maximum absolute atomic E-state index is 14.5. The first-order valence-corrected chi connectivity index (χ1v) is 12.1. The van der Waals surface area contributed by atoms with Crippen molar-refractivity contribution in [2.75, 3.05) is 6.79 Å². The highest BCUT2D eigenvalue weighted by Crippen LogP contribution is 2.46. The number of esters is 2. The van der Waals surface area contributed by atoms with Gasteiger partial charge in [0.25, 0.3) is 0 Å². The molecule has 1 fully saturated rings. The minimum atomic E-state index is -1.09. The third kappa shape index (κ3) is 5.33. The highest BCUT2D eigenvalue weighted by atomic mass is 32.1. The highest BCUT2D eigenvalue weighted by molar-refractivity contribution is 7.21. The number of amides is 1. The van der Waals surface area contributed by atoms with Crippen molar-refractivity contribution in [2.24, 2.45) is 11.1 Å². The van der Waals surface area contributed by atoms with Crippen molar-refractivity contribution in [3.05, 3.63) is 63.5 Å². The minimum Gasteiger partial charge on any atom is -0.483 e. The zero-order valence-corrected chi connectivity index (χ0v) is 20.8. The van der Waals surface area contributed by atoms with Crippen LogP contribution in [-0.4, -0.2) is 24.6 Å². The molecule has 36 heavy (non-hydrogen) atoms. The number of carbonyl (C=O) groups excluding carboxylic acids is 3. The van der Waals surface area contributed by atoms with E-state index in [9.17, 15) is 23.2 Å². The van der Waals surface area contributed by atoms with E-state index in [4.69, 9.17) is 19.9 Å². The van der Waals surface area contributed by atoms with Crippen LogP contribution < -0.4 is 10.5 Å². The monoisotopic (exact) mass is 517 g/mol. The van der Waals surface area contributed by atoms with Gasteiger partial charge in [-0.25, -0.2) is 13.6 Å². The Hall–Kier alpha value is -3.53. The van der Waals surface area contributed by atoms with Crippen LogP contribution in [0.25, 0.3) is 10.1 Å². The molecule has 1 aliphatic carbocycles. The van der Waals surface area contributed by atoms with Gasteiger partial charge in [-0.3, -0.25) is 9.59 Å². The molecule has 1 heterocycles. The minimum absolute atomic E-state index is 0.180. The second-order valence-electron chi connectivity index (χ2n) is 9.56. The van der Waals surface area contributed by atoms with Crippen molar-refractivity contribution in [2.45, 2.75) is 46.1 Å². The smallest absolute Gasteiger partial charge is 0.351 e. The molecule has 1 aliphatic rings. The molecule has 4 rings (SSSR count). The fraction of sp³-hybridized carbons (Fsp3) is 0.346. The molecule has 10 heteroatoms. The topological polar surface area (TPSA) is 105 Å². The maximum atomic E-state index is 14.5. The average molecular weight is 518 g/mol. The number of primary amides is 1. The van der Waals surface area contributed by atoms with Gasteiger partial charge in [-0.05, 0) is 63.3 Å². The number of thiophene rings is 1. The average Bonchev–Trinajstić information content (AvgIpc) is 3.58. The van der Waals surface area contributed by atoms with E-state index in [-0.39, 0.29) is 17.0 Å². The summed E-state index contributed by atoms with van der Waals surface area (Å²) in [4.78, 5) is 36.4. The Morgan fingerprint density at radius 1 is 1.08 bits per heavy atom. The predicted molar refractivity (Wildman–Crippen MR) is 129 cm³/mol. The van der Waals surface area contributed by atoms with Gasteiger partial charge < -0.3 is 19.9 Å². The number of hydrogen-bond acceptors (Lipinski definition) is 7. The van der Waals surface area contributed by atoms with Crippen molar-refractivity contribution in [1.82, 2.24) is 0 Å². The number of hydrogen-bond donors (Lipinski definition) is 1. The Bertz CT molecular complexity index is 1330. The van der Waals surface area contributed by atoms with Crippen molar-refractivity contribution < 1.29 is 37.4 Å². The molecule has 1 amide bonds. The first-order valence-electron chi connectivity index (χ1n) is 11.3. The Morgan fingerprint density at radius 2 is 1.75 bits per heavy atom. The SMILES string of the molecule is CC(C)(C)C(=O)OCOC(=O)c1sc2cccc(C3CC3)c2c1COc1c(F)cc(C(N)=O)cc1F. The number of benzene rings is 2. The summed E-state index contributed by atoms with van der Waals surface area (Å²) in [5.74, 6) is -4.81. The van der Waals surface area contributed by atoms with E-state index < -0.39 is 47.4 Å². The lowest BCUT2D eigenvalue weighted by Gasteiger charge is -2.16. The molecular formula is C26H25F2NO6S. The summed E-state index contributed by atoms with van der Waals surface area (Å²) in [7, 11) is 0. The van der Waals surface area contributed by atoms with Crippen LogP contribution in [0, 0.1) is 17.0 Å². The molecule has 0 saturated heterocycles. The predicted octanol–water partition coefficient (Wildman–Crippen LogP) is 5.44. The van der Waals surface area contributed by atoms with Gasteiger partial charge in [0.05, 0.1) is 5.41 Å². The fourth-order valence-corrected chi connectivity index (χ4v) is 4.82. The zero-order chi connectivity index (χ0) is 26.2. The summed E-state index contributed by atoms with van der Waals surface area (Å²) in [6.45, 7) is 4.11. The molecule has 3 aromatic rings. The van der Waals surface area contributed by atoms with Gasteiger partial charge in [0.15, 0.2) is 17.4 Å². The van der Waals surface area contributed by atoms with Gasteiger partial charge in [0.2, 0.25) is 12.7 Å². The van der Waals surface area contributed by atoms with Crippen LogP contribution >= 0.6 is 11.3 Å². The van der Waals surface area contributed by atoms with E-state index in [2.05, 4.69) is 0 Å². The lowest BCUT2D eigenvalue weighted by Crippen LogP contribution is -2.24. The van der Waals surface area contributed by atoms with Crippen LogP contribution in [0.3, 0.4) is 0 Å². The van der Waals surface area contributed by atoms with Crippen LogP contribution in [-0.2, 0) is 20.9 Å². The highest BCUT2D eigenvalue weighted by Gasteiger charge is 2.30. The van der Waals surface area contributed by atoms with E-state index in [0.717, 1.165) is 52.0 Å². The van der Waals surface area contributed by atoms with Crippen molar-refractivity contribution in [3.8, 4) is 5.75 Å². The molecular weight excluding hydrogens is 492 g/mol. The van der Waals surface area contributed by atoms with Crippen LogP contribution in [0.1, 0.15) is 70.7 Å². The molecule has 0 spiro atoms. The van der Waals surface area contributed by atoms with Crippen LogP contribution in [0.15, 0.2) is 30.3 Å². The maximum Gasteiger partial charge on any atom is 0.351 e. The van der Waals surface area contributed by atoms with Gasteiger partial charge in [-0.1, -0.05) is 12.1 Å². The quantitative estimate of drug-likeness (QED) is 0.315. The normalized spacial score (nSPS) is 13.5. The molecule has 0 radical (unpaired) electrons. The molecule has 2 N–H and O–H groups in total. The van der Waals surface area contributed by atoms with Gasteiger partial charge in [-0.15, -0.1) is 11.3 Å². The van der Waals surface area contributed by atoms with Gasteiger partial charge in [0, 0.05) is 21.2 Å². The lowest BCUT2D eigenvalue weighted by atomic mass is 9.98. The summed E-state index contributed by atoms with van der Waals surface area (Å²) in [6.07, 6.45) is 1.99. The van der Waals surface area contributed by atoms with Gasteiger partial charge in [0.1, 0.15) is 11.5 Å². The zero-order valence-electron chi connectivity index (χ0n) is 20.0. The van der Waals surface area contributed by atoms with Crippen LogP contribution in [0.2, 0.25) is 0 Å². The van der Waals surface area contributed by atoms with E-state index in [1.54, 1.807) is 20.8 Å². The van der Waals surface area contributed by atoms with Crippen molar-refractivity contribution in [3.63, 3.8) is 0 Å². The molecule has 0 bridgehead atoms. The van der Waals surface area contributed by atoms with Crippen molar-refractivity contribution in [1.29, 1.82) is 0 Å². The lowest BCUT2D eigenvalue weighted by molar-refractivity contribution is -0.161. The van der Waals surface area contributed by atoms with E-state index in [0.29, 0.717) is 11.5 Å². The Balaban J connectivity index is 1.64. The number of halogens is 2. The Kier molecular flexibility index (Phi) is 6.99. The fourth-order valence-electron chi connectivity index (χ4n) is 3.68. The molecule has 1 saturated carbocycles. The number of nitrogens with two attached hydrogens (primary N) is 1. The summed E-state index contributed by atoms with van der Waals surface area (Å²) >= 11 is 1.16. The summed E-state index contributed by atoms with van der Waals surface area (Å²) < 4.78 is 45.6. The van der Waals surface area contributed by atoms with Crippen LogP contribution in [0.5, 0.6) is 5.75 Å². The first-order chi connectivity index (χ1) is 17.0. The molecule has 2 aromatic carbocycles. The summed E-state index contributed by atoms with van der Waals surface area (Å²) in [5, 5.41) is 0.776. The Morgan fingerprint density at radius 3 is 2.33 bits per heavy atom. The molecule has 0 aliphatic heterocycles. The first kappa shape index (κ1) is 25.6. The standard InChI is InChI=1S/C26H25F2NO6S/c1-26(2,3)25(32)35-12-34-24(31)22-16(20-15(13-7-8-13)5-4-6-19(20)36-22)11-33-21-17(27)9-14(23(29)30)10-18(21)28/h4-6,9-10,13H,7-8,11-12H2,1-3H3,(H2,29,30). The van der Waals surface area contributed by atoms with E-state index in [1.165, 1.54) is 0 Å². The molecule has 190 valence electrons.